The molecule has 1 amide bonds. The third-order valence-corrected chi connectivity index (χ3v) is 7.73. The van der Waals surface area contributed by atoms with E-state index in [0.29, 0.717) is 132 Å². The molecule has 0 fully saturated rings. The summed E-state index contributed by atoms with van der Waals surface area (Å²) in [5.41, 5.74) is 4.79. The van der Waals surface area contributed by atoms with E-state index in [1.54, 1.807) is 7.05 Å². The quantitative estimate of drug-likeness (QED) is 0.0800. The Hall–Kier alpha value is -3.18. The molecule has 14 heteroatoms. The van der Waals surface area contributed by atoms with Crippen LogP contribution in [0.5, 0.6) is 0 Å². The first kappa shape index (κ1) is 43.2. The number of fused-ring (bicyclic) bond motifs is 3. The van der Waals surface area contributed by atoms with Gasteiger partial charge < -0.3 is 57.0 Å². The predicted octanol–water partition coefficient (Wildman–Crippen LogP) is 3.58. The summed E-state index contributed by atoms with van der Waals surface area (Å²) in [4.78, 5) is 24.7. The van der Waals surface area contributed by atoms with Gasteiger partial charge in [0.2, 0.25) is 0 Å². The Morgan fingerprint density at radius 1 is 0.481 bits per heavy atom. The Morgan fingerprint density at radius 3 is 1.17 bits per heavy atom. The number of carbonyl (C=O) groups is 2. The monoisotopic (exact) mass is 735 g/mol. The lowest BCUT2D eigenvalue weighted by molar-refractivity contribution is -0.142. The van der Waals surface area contributed by atoms with Crippen molar-refractivity contribution in [3.05, 3.63) is 59.7 Å². The van der Waals surface area contributed by atoms with Crippen LogP contribution in [0.4, 0.5) is 4.79 Å². The molecule has 0 aliphatic heterocycles. The van der Waals surface area contributed by atoms with E-state index in [-0.39, 0.29) is 24.6 Å². The molecule has 0 heterocycles. The van der Waals surface area contributed by atoms with Gasteiger partial charge in [0.1, 0.15) is 13.2 Å². The number of nitrogens with zero attached hydrogens (tertiary/aromatic N) is 1. The van der Waals surface area contributed by atoms with E-state index in [9.17, 15) is 9.59 Å². The largest absolute Gasteiger partial charge is 0.463 e. The van der Waals surface area contributed by atoms with Gasteiger partial charge in [-0.05, 0) is 22.3 Å². The number of amides is 1. The van der Waals surface area contributed by atoms with Crippen molar-refractivity contribution in [1.29, 1.82) is 0 Å². The molecule has 292 valence electrons. The van der Waals surface area contributed by atoms with Crippen LogP contribution in [-0.4, -0.2) is 163 Å². The van der Waals surface area contributed by atoms with Crippen LogP contribution < -0.4 is 0 Å². The van der Waals surface area contributed by atoms with E-state index in [0.717, 1.165) is 0 Å². The summed E-state index contributed by atoms with van der Waals surface area (Å²) in [6, 6.07) is 16.6. The molecule has 0 atom stereocenters. The highest BCUT2D eigenvalue weighted by molar-refractivity contribution is 5.79. The summed E-state index contributed by atoms with van der Waals surface area (Å²) in [6.45, 7) is 10.6. The minimum absolute atomic E-state index is 0.0363. The van der Waals surface area contributed by atoms with E-state index >= 15 is 0 Å². The predicted molar refractivity (Wildman–Crippen MR) is 192 cm³/mol. The van der Waals surface area contributed by atoms with Gasteiger partial charge in [0, 0.05) is 26.4 Å². The minimum Gasteiger partial charge on any atom is -0.463 e. The highest BCUT2D eigenvalue weighted by atomic mass is 16.6. The lowest BCUT2D eigenvalue weighted by atomic mass is 9.98. The summed E-state index contributed by atoms with van der Waals surface area (Å²) < 4.78 is 59.6. The van der Waals surface area contributed by atoms with Gasteiger partial charge in [-0.2, -0.15) is 0 Å². The Morgan fingerprint density at radius 2 is 0.808 bits per heavy atom. The van der Waals surface area contributed by atoms with Crippen LogP contribution in [0.1, 0.15) is 24.0 Å². The molecular formula is C38H57NO13. The lowest BCUT2D eigenvalue weighted by Crippen LogP contribution is -2.32. The van der Waals surface area contributed by atoms with Crippen LogP contribution in [-0.2, 0) is 56.9 Å². The summed E-state index contributed by atoms with van der Waals surface area (Å²) >= 11 is 0. The first-order valence-corrected chi connectivity index (χ1v) is 18.0. The molecule has 1 aliphatic carbocycles. The zero-order valence-corrected chi connectivity index (χ0v) is 30.8. The van der Waals surface area contributed by atoms with Gasteiger partial charge in [0.15, 0.2) is 0 Å². The SMILES string of the molecule is CC(=O)OCCOCCOCCOCCOCCOCCOCCOCCOCCOCCN(C)C(=O)OCC1c2ccccc2-c2ccccc21. The van der Waals surface area contributed by atoms with Gasteiger partial charge in [-0.15, -0.1) is 0 Å². The van der Waals surface area contributed by atoms with Crippen molar-refractivity contribution in [2.45, 2.75) is 12.8 Å². The third kappa shape index (κ3) is 18.5. The number of benzene rings is 2. The van der Waals surface area contributed by atoms with Gasteiger partial charge in [0.25, 0.3) is 0 Å². The zero-order chi connectivity index (χ0) is 36.9. The first-order chi connectivity index (χ1) is 25.6. The van der Waals surface area contributed by atoms with Gasteiger partial charge in [-0.1, -0.05) is 48.5 Å². The molecule has 2 aromatic rings. The summed E-state index contributed by atoms with van der Waals surface area (Å²) in [6.07, 6.45) is -0.367. The molecule has 0 saturated carbocycles. The molecule has 0 saturated heterocycles. The molecule has 0 spiro atoms. The molecule has 14 nitrogen and oxygen atoms in total. The second-order valence-corrected chi connectivity index (χ2v) is 11.6. The van der Waals surface area contributed by atoms with Crippen LogP contribution in [0.25, 0.3) is 11.1 Å². The minimum atomic E-state index is -0.367. The topological polar surface area (TPSA) is 139 Å². The fourth-order valence-electron chi connectivity index (χ4n) is 5.10. The fourth-order valence-corrected chi connectivity index (χ4v) is 5.10. The molecule has 1 aliphatic rings. The van der Waals surface area contributed by atoms with Crippen molar-refractivity contribution in [3.8, 4) is 11.1 Å². The highest BCUT2D eigenvalue weighted by Crippen LogP contribution is 2.44. The maximum Gasteiger partial charge on any atom is 0.409 e. The second-order valence-electron chi connectivity index (χ2n) is 11.6. The van der Waals surface area contributed by atoms with Crippen LogP contribution in [0, 0.1) is 0 Å². The molecule has 3 rings (SSSR count). The summed E-state index contributed by atoms with van der Waals surface area (Å²) in [5.74, 6) is -0.279. The van der Waals surface area contributed by atoms with Crippen molar-refractivity contribution in [1.82, 2.24) is 4.90 Å². The van der Waals surface area contributed by atoms with Crippen LogP contribution in [0.15, 0.2) is 48.5 Å². The van der Waals surface area contributed by atoms with E-state index in [2.05, 4.69) is 24.3 Å². The van der Waals surface area contributed by atoms with Crippen molar-refractivity contribution >= 4 is 12.1 Å². The van der Waals surface area contributed by atoms with Crippen LogP contribution in [0.2, 0.25) is 0 Å². The van der Waals surface area contributed by atoms with E-state index in [4.69, 9.17) is 52.1 Å². The Balaban J connectivity index is 0.990. The Kier molecular flexibility index (Phi) is 23.6. The highest BCUT2D eigenvalue weighted by Gasteiger charge is 2.29. The third-order valence-electron chi connectivity index (χ3n) is 7.73. The maximum absolute atomic E-state index is 12.6. The molecule has 52 heavy (non-hydrogen) atoms. The van der Waals surface area contributed by atoms with E-state index in [1.165, 1.54) is 34.1 Å². The summed E-state index contributed by atoms with van der Waals surface area (Å²) in [5, 5.41) is 0. The number of rotatable bonds is 32. The number of hydrogen-bond donors (Lipinski definition) is 0. The number of likely N-dealkylation sites (N-methyl/N-ethyl adjacent to an activating group) is 1. The van der Waals surface area contributed by atoms with Crippen LogP contribution in [0.3, 0.4) is 0 Å². The van der Waals surface area contributed by atoms with Gasteiger partial charge in [-0.25, -0.2) is 4.79 Å². The van der Waals surface area contributed by atoms with Crippen LogP contribution >= 0.6 is 0 Å². The van der Waals surface area contributed by atoms with Gasteiger partial charge in [-0.3, -0.25) is 4.79 Å². The average molecular weight is 736 g/mol. The van der Waals surface area contributed by atoms with Crippen molar-refractivity contribution < 1.29 is 61.7 Å². The summed E-state index contributed by atoms with van der Waals surface area (Å²) in [7, 11) is 1.71. The maximum atomic E-state index is 12.6. The fraction of sp³-hybridized carbons (Fsp3) is 0.632. The van der Waals surface area contributed by atoms with Gasteiger partial charge in [0.05, 0.1) is 119 Å². The second kappa shape index (κ2) is 28.3. The van der Waals surface area contributed by atoms with E-state index in [1.807, 2.05) is 24.3 Å². The van der Waals surface area contributed by atoms with Gasteiger partial charge >= 0.3 is 12.1 Å². The zero-order valence-electron chi connectivity index (χ0n) is 30.8. The molecule has 0 radical (unpaired) electrons. The molecular weight excluding hydrogens is 678 g/mol. The number of carbonyl (C=O) groups excluding carboxylic acids is 2. The molecule has 0 bridgehead atoms. The molecule has 0 N–H and O–H groups in total. The first-order valence-electron chi connectivity index (χ1n) is 18.0. The smallest absolute Gasteiger partial charge is 0.409 e. The average Bonchev–Trinajstić information content (AvgIpc) is 3.47. The van der Waals surface area contributed by atoms with E-state index < -0.39 is 0 Å². The van der Waals surface area contributed by atoms with Crippen molar-refractivity contribution in [2.75, 3.05) is 146 Å². The number of ether oxygens (including phenoxy) is 11. The van der Waals surface area contributed by atoms with Crippen molar-refractivity contribution in [2.24, 2.45) is 0 Å². The normalized spacial score (nSPS) is 12.1. The lowest BCUT2D eigenvalue weighted by Gasteiger charge is -2.19. The number of esters is 1. The molecule has 0 unspecified atom stereocenters. The standard InChI is InChI=1S/C38H57NO13/c1-32(40)51-30-29-50-28-27-49-26-25-48-24-23-47-22-21-46-20-19-45-18-17-44-16-15-43-14-13-42-12-11-39(2)38(41)52-31-37-35-9-5-3-7-33(35)34-8-4-6-10-36(34)37/h3-10,37H,11-31H2,1-2H3. The Bertz CT molecular complexity index is 1190. The molecule has 0 aromatic heterocycles. The van der Waals surface area contributed by atoms with Crippen molar-refractivity contribution in [3.63, 3.8) is 0 Å². The number of hydrogen-bond acceptors (Lipinski definition) is 13. The molecule has 2 aromatic carbocycles. The Labute approximate surface area is 307 Å².